The molecule has 0 unspecified atom stereocenters. The first-order chi connectivity index (χ1) is 13.6. The molecule has 1 amide bonds. The van der Waals surface area contributed by atoms with Crippen molar-refractivity contribution in [1.82, 2.24) is 34.4 Å². The average molecular weight is 382 g/mol. The van der Waals surface area contributed by atoms with Crippen molar-refractivity contribution in [3.8, 4) is 11.4 Å². The van der Waals surface area contributed by atoms with E-state index in [1.165, 1.54) is 11.2 Å². The van der Waals surface area contributed by atoms with Crippen molar-refractivity contribution in [3.05, 3.63) is 24.5 Å². The fourth-order valence-electron chi connectivity index (χ4n) is 3.53. The number of hydrogen-bond acceptors (Lipinski definition) is 7. The molecule has 4 rings (SSSR count). The van der Waals surface area contributed by atoms with E-state index in [2.05, 4.69) is 25.3 Å². The summed E-state index contributed by atoms with van der Waals surface area (Å²) in [7, 11) is 0. The van der Waals surface area contributed by atoms with Gasteiger partial charge in [-0.3, -0.25) is 0 Å². The lowest BCUT2D eigenvalue weighted by molar-refractivity contribution is 0.133. The highest BCUT2D eigenvalue weighted by Crippen LogP contribution is 2.27. The quantitative estimate of drug-likeness (QED) is 0.704. The van der Waals surface area contributed by atoms with Crippen LogP contribution in [0.4, 0.5) is 10.6 Å². The van der Waals surface area contributed by atoms with Gasteiger partial charge in [-0.15, -0.1) is 0 Å². The third-order valence-corrected chi connectivity index (χ3v) is 4.92. The van der Waals surface area contributed by atoms with Crippen molar-refractivity contribution < 1.29 is 9.90 Å². The van der Waals surface area contributed by atoms with Gasteiger partial charge in [0, 0.05) is 38.1 Å². The summed E-state index contributed by atoms with van der Waals surface area (Å²) in [5.41, 5.74) is 2.19. The van der Waals surface area contributed by atoms with Crippen LogP contribution in [0.25, 0.3) is 22.6 Å². The number of hydrogen-bond donors (Lipinski definition) is 2. The van der Waals surface area contributed by atoms with E-state index < -0.39 is 6.09 Å². The van der Waals surface area contributed by atoms with E-state index in [4.69, 9.17) is 4.98 Å². The molecule has 0 aromatic carbocycles. The topological polar surface area (TPSA) is 122 Å². The van der Waals surface area contributed by atoms with Crippen molar-refractivity contribution in [2.45, 2.75) is 39.3 Å². The minimum atomic E-state index is -0.892. The molecule has 1 saturated heterocycles. The number of fused-ring (bicyclic) bond motifs is 1. The van der Waals surface area contributed by atoms with Crippen LogP contribution in [0.3, 0.4) is 0 Å². The van der Waals surface area contributed by atoms with Crippen LogP contribution in [0.5, 0.6) is 0 Å². The van der Waals surface area contributed by atoms with Crippen LogP contribution in [0.2, 0.25) is 0 Å². The number of amides is 1. The summed E-state index contributed by atoms with van der Waals surface area (Å²) < 4.78 is 2.00. The summed E-state index contributed by atoms with van der Waals surface area (Å²) in [5, 5.41) is 12.6. The molecule has 0 saturated carbocycles. The number of carbonyl (C=O) groups is 1. The van der Waals surface area contributed by atoms with Gasteiger partial charge in [-0.1, -0.05) is 0 Å². The van der Waals surface area contributed by atoms with Crippen molar-refractivity contribution in [2.24, 2.45) is 0 Å². The van der Waals surface area contributed by atoms with Crippen molar-refractivity contribution in [3.63, 3.8) is 0 Å². The molecule has 2 N–H and O–H groups in total. The smallest absolute Gasteiger partial charge is 0.407 e. The summed E-state index contributed by atoms with van der Waals surface area (Å²) in [6.45, 7) is 5.54. The number of rotatable bonds is 4. The molecule has 1 aliphatic rings. The normalized spacial score (nSPS) is 17.1. The van der Waals surface area contributed by atoms with Crippen LogP contribution >= 0.6 is 0 Å². The van der Waals surface area contributed by atoms with E-state index in [0.29, 0.717) is 36.8 Å². The van der Waals surface area contributed by atoms with Gasteiger partial charge in [0.1, 0.15) is 18.0 Å². The predicted molar refractivity (Wildman–Crippen MR) is 103 cm³/mol. The van der Waals surface area contributed by atoms with E-state index in [-0.39, 0.29) is 6.04 Å². The summed E-state index contributed by atoms with van der Waals surface area (Å²) in [4.78, 5) is 34.8. The number of piperidine rings is 1. The largest absolute Gasteiger partial charge is 0.465 e. The maximum Gasteiger partial charge on any atom is 0.407 e. The fraction of sp³-hybridized carbons (Fsp3) is 0.444. The molecule has 10 heteroatoms. The van der Waals surface area contributed by atoms with Gasteiger partial charge >= 0.3 is 6.09 Å². The number of anilines is 1. The second-order valence-corrected chi connectivity index (χ2v) is 6.81. The Kier molecular flexibility index (Phi) is 4.76. The van der Waals surface area contributed by atoms with E-state index in [9.17, 15) is 9.90 Å². The molecular weight excluding hydrogens is 360 g/mol. The number of aromatic nitrogens is 6. The second kappa shape index (κ2) is 7.37. The van der Waals surface area contributed by atoms with E-state index in [1.54, 1.807) is 12.4 Å². The molecule has 1 atom stereocenters. The van der Waals surface area contributed by atoms with E-state index in [1.807, 2.05) is 18.4 Å². The van der Waals surface area contributed by atoms with E-state index in [0.717, 1.165) is 29.9 Å². The van der Waals surface area contributed by atoms with Crippen LogP contribution in [0, 0.1) is 6.92 Å². The van der Waals surface area contributed by atoms with Crippen LogP contribution in [0.1, 0.15) is 25.6 Å². The Morgan fingerprint density at radius 3 is 2.79 bits per heavy atom. The molecule has 1 aliphatic heterocycles. The van der Waals surface area contributed by atoms with Gasteiger partial charge in [0.05, 0.1) is 5.56 Å². The Bertz CT molecular complexity index is 1000. The monoisotopic (exact) mass is 382 g/mol. The number of nitrogens with zero attached hydrogens (tertiary/aromatic N) is 7. The summed E-state index contributed by atoms with van der Waals surface area (Å²) in [6.07, 6.45) is 5.81. The lowest BCUT2D eigenvalue weighted by Gasteiger charge is -2.31. The lowest BCUT2D eigenvalue weighted by Crippen LogP contribution is -2.44. The zero-order valence-corrected chi connectivity index (χ0v) is 15.8. The average Bonchev–Trinajstić information content (AvgIpc) is 3.08. The highest BCUT2D eigenvalue weighted by molar-refractivity contribution is 5.86. The molecule has 0 spiro atoms. The molecule has 0 aliphatic carbocycles. The maximum atomic E-state index is 11.3. The molecule has 3 aromatic rings. The van der Waals surface area contributed by atoms with Crippen molar-refractivity contribution in [1.29, 1.82) is 0 Å². The van der Waals surface area contributed by atoms with Gasteiger partial charge < -0.3 is 19.9 Å². The van der Waals surface area contributed by atoms with Crippen LogP contribution in [-0.2, 0) is 6.54 Å². The van der Waals surface area contributed by atoms with Crippen LogP contribution < -0.4 is 5.32 Å². The molecule has 146 valence electrons. The zero-order valence-electron chi connectivity index (χ0n) is 15.8. The number of aryl methyl sites for hydroxylation is 2. The standard InChI is InChI=1S/C18H22N8O2/c1-3-26-16(12-7-19-11(2)20-8-12)24-14-15(21-10-22-17(14)26)23-13-5-4-6-25(9-13)18(27)28/h7-8,10,13H,3-6,9H2,1-2H3,(H,27,28)(H,21,22,23)/t13-/m0/s1. The van der Waals surface area contributed by atoms with Gasteiger partial charge in [0.15, 0.2) is 17.0 Å². The van der Waals surface area contributed by atoms with Crippen molar-refractivity contribution >= 4 is 23.1 Å². The number of likely N-dealkylation sites (tertiary alicyclic amines) is 1. The Morgan fingerprint density at radius 1 is 1.29 bits per heavy atom. The SMILES string of the molecule is CCn1c(-c2cnc(C)nc2)nc2c(N[C@H]3CCCN(C(=O)O)C3)ncnc21. The zero-order chi connectivity index (χ0) is 19.7. The Labute approximate surface area is 161 Å². The fourth-order valence-corrected chi connectivity index (χ4v) is 3.53. The number of carboxylic acid groups (broad SMARTS) is 1. The molecule has 28 heavy (non-hydrogen) atoms. The van der Waals surface area contributed by atoms with Gasteiger partial charge in [0.25, 0.3) is 0 Å². The second-order valence-electron chi connectivity index (χ2n) is 6.81. The molecule has 4 heterocycles. The molecule has 3 aromatic heterocycles. The number of imidazole rings is 1. The number of nitrogens with one attached hydrogen (secondary N) is 1. The molecule has 1 fully saturated rings. The molecule has 0 radical (unpaired) electrons. The lowest BCUT2D eigenvalue weighted by atomic mass is 10.1. The highest BCUT2D eigenvalue weighted by atomic mass is 16.4. The molecular formula is C18H22N8O2. The Morgan fingerprint density at radius 2 is 2.07 bits per heavy atom. The van der Waals surface area contributed by atoms with Gasteiger partial charge in [-0.25, -0.2) is 29.7 Å². The van der Waals surface area contributed by atoms with E-state index >= 15 is 0 Å². The minimum absolute atomic E-state index is 0.0131. The first-order valence-corrected chi connectivity index (χ1v) is 9.31. The first kappa shape index (κ1) is 18.1. The van der Waals surface area contributed by atoms with Gasteiger partial charge in [-0.2, -0.15) is 0 Å². The minimum Gasteiger partial charge on any atom is -0.465 e. The first-order valence-electron chi connectivity index (χ1n) is 9.31. The van der Waals surface area contributed by atoms with Crippen LogP contribution in [-0.4, -0.2) is 64.7 Å². The Hall–Kier alpha value is -3.30. The maximum absolute atomic E-state index is 11.3. The van der Waals surface area contributed by atoms with Crippen LogP contribution in [0.15, 0.2) is 18.7 Å². The Balaban J connectivity index is 1.70. The summed E-state index contributed by atoms with van der Waals surface area (Å²) in [5.74, 6) is 2.05. The highest BCUT2D eigenvalue weighted by Gasteiger charge is 2.25. The predicted octanol–water partition coefficient (Wildman–Crippen LogP) is 2.17. The van der Waals surface area contributed by atoms with Crippen molar-refractivity contribution in [2.75, 3.05) is 18.4 Å². The van der Waals surface area contributed by atoms with Gasteiger partial charge in [0.2, 0.25) is 0 Å². The molecule has 10 nitrogen and oxygen atoms in total. The third kappa shape index (κ3) is 3.32. The summed E-state index contributed by atoms with van der Waals surface area (Å²) >= 11 is 0. The third-order valence-electron chi connectivity index (χ3n) is 4.92. The summed E-state index contributed by atoms with van der Waals surface area (Å²) in [6, 6.07) is -0.0131. The molecule has 0 bridgehead atoms. The van der Waals surface area contributed by atoms with Gasteiger partial charge in [-0.05, 0) is 26.7 Å².